The topological polar surface area (TPSA) is 69.6 Å². The van der Waals surface area contributed by atoms with Crippen molar-refractivity contribution in [3.8, 4) is 11.3 Å². The number of aromatic nitrogens is 2. The Morgan fingerprint density at radius 3 is 2.23 bits per heavy atom. The molecule has 2 heterocycles. The second kappa shape index (κ2) is 10.9. The van der Waals surface area contributed by atoms with Gasteiger partial charge in [-0.2, -0.15) is 0 Å². The third-order valence-corrected chi connectivity index (χ3v) is 6.57. The number of hydrogen-bond donors (Lipinski definition) is 0. The molecular formula is C27H30ClN5O2. The number of piperazine rings is 1. The summed E-state index contributed by atoms with van der Waals surface area (Å²) in [6.45, 7) is 8.35. The Kier molecular flexibility index (Phi) is 7.66. The molecule has 1 fully saturated rings. The van der Waals surface area contributed by atoms with Crippen molar-refractivity contribution < 1.29 is 9.59 Å². The van der Waals surface area contributed by atoms with Crippen molar-refractivity contribution in [1.82, 2.24) is 20.0 Å². The van der Waals surface area contributed by atoms with Crippen LogP contribution in [0.2, 0.25) is 5.02 Å². The van der Waals surface area contributed by atoms with E-state index in [9.17, 15) is 9.59 Å². The molecule has 0 radical (unpaired) electrons. The Morgan fingerprint density at radius 2 is 1.63 bits per heavy atom. The van der Waals surface area contributed by atoms with Gasteiger partial charge in [-0.3, -0.25) is 9.59 Å². The van der Waals surface area contributed by atoms with Crippen LogP contribution < -0.4 is 4.90 Å². The van der Waals surface area contributed by atoms with Crippen molar-refractivity contribution in [3.05, 3.63) is 76.8 Å². The predicted octanol–water partition coefficient (Wildman–Crippen LogP) is 4.30. The SMILES string of the molecule is Cc1ccc(C(=O)N(CC(=O)N2CCN(c3ccc(-c4ccccc4Cl)nn3)CC2)C(C)C)cc1. The Labute approximate surface area is 211 Å². The van der Waals surface area contributed by atoms with E-state index in [2.05, 4.69) is 15.1 Å². The van der Waals surface area contributed by atoms with Gasteiger partial charge in [-0.05, 0) is 51.1 Å². The highest BCUT2D eigenvalue weighted by molar-refractivity contribution is 6.33. The lowest BCUT2D eigenvalue weighted by atomic mass is 10.1. The Hall–Kier alpha value is -3.45. The van der Waals surface area contributed by atoms with Crippen LogP contribution in [0, 0.1) is 6.92 Å². The number of halogens is 1. The number of benzene rings is 2. The maximum absolute atomic E-state index is 13.1. The summed E-state index contributed by atoms with van der Waals surface area (Å²) in [7, 11) is 0. The molecule has 1 saturated heterocycles. The molecule has 7 nitrogen and oxygen atoms in total. The molecule has 1 aromatic heterocycles. The van der Waals surface area contributed by atoms with Gasteiger partial charge < -0.3 is 14.7 Å². The molecule has 35 heavy (non-hydrogen) atoms. The van der Waals surface area contributed by atoms with E-state index < -0.39 is 0 Å². The summed E-state index contributed by atoms with van der Waals surface area (Å²) in [6.07, 6.45) is 0. The van der Waals surface area contributed by atoms with Gasteiger partial charge in [0, 0.05) is 43.3 Å². The highest BCUT2D eigenvalue weighted by atomic mass is 35.5. The molecule has 0 spiro atoms. The molecule has 0 atom stereocenters. The van der Waals surface area contributed by atoms with Crippen LogP contribution in [0.4, 0.5) is 5.82 Å². The van der Waals surface area contributed by atoms with Crippen molar-refractivity contribution in [2.24, 2.45) is 0 Å². The molecule has 0 bridgehead atoms. The standard InChI is InChI=1S/C27H30ClN5O2/c1-19(2)33(27(35)21-10-8-20(3)9-11-21)18-26(34)32-16-14-31(15-17-32)25-13-12-24(29-30-25)22-6-4-5-7-23(22)28/h4-13,19H,14-18H2,1-3H3. The zero-order chi connectivity index (χ0) is 24.9. The van der Waals surface area contributed by atoms with E-state index in [1.54, 1.807) is 4.90 Å². The van der Waals surface area contributed by atoms with Crippen LogP contribution in [-0.4, -0.2) is 70.6 Å². The van der Waals surface area contributed by atoms with E-state index in [4.69, 9.17) is 11.6 Å². The Balaban J connectivity index is 1.35. The van der Waals surface area contributed by atoms with E-state index in [1.165, 1.54) is 0 Å². The summed E-state index contributed by atoms with van der Waals surface area (Å²) in [5, 5.41) is 9.37. The normalized spacial score (nSPS) is 13.7. The van der Waals surface area contributed by atoms with Crippen LogP contribution in [0.1, 0.15) is 29.8 Å². The molecule has 1 aliphatic heterocycles. The highest BCUT2D eigenvalue weighted by Gasteiger charge is 2.27. The number of rotatable bonds is 6. The van der Waals surface area contributed by atoms with E-state index in [-0.39, 0.29) is 24.4 Å². The van der Waals surface area contributed by atoms with Gasteiger partial charge in [-0.25, -0.2) is 0 Å². The minimum absolute atomic E-state index is 0.0426. The first-order valence-electron chi connectivity index (χ1n) is 11.8. The Morgan fingerprint density at radius 1 is 0.943 bits per heavy atom. The summed E-state index contributed by atoms with van der Waals surface area (Å²) < 4.78 is 0. The third-order valence-electron chi connectivity index (χ3n) is 6.24. The number of aryl methyl sites for hydroxylation is 1. The minimum atomic E-state index is -0.124. The highest BCUT2D eigenvalue weighted by Crippen LogP contribution is 2.26. The first-order chi connectivity index (χ1) is 16.8. The molecule has 4 rings (SSSR count). The van der Waals surface area contributed by atoms with Gasteiger partial charge in [0.15, 0.2) is 5.82 Å². The van der Waals surface area contributed by atoms with Crippen LogP contribution in [0.15, 0.2) is 60.7 Å². The number of hydrogen-bond acceptors (Lipinski definition) is 5. The smallest absolute Gasteiger partial charge is 0.254 e. The fourth-order valence-electron chi connectivity index (χ4n) is 4.09. The maximum atomic E-state index is 13.1. The van der Waals surface area contributed by atoms with E-state index in [0.29, 0.717) is 36.8 Å². The van der Waals surface area contributed by atoms with Crippen molar-refractivity contribution in [1.29, 1.82) is 0 Å². The van der Waals surface area contributed by atoms with Crippen molar-refractivity contribution in [2.45, 2.75) is 26.8 Å². The van der Waals surface area contributed by atoms with E-state index >= 15 is 0 Å². The molecule has 2 aromatic carbocycles. The first-order valence-corrected chi connectivity index (χ1v) is 12.2. The molecule has 2 amide bonds. The van der Waals surface area contributed by atoms with Gasteiger partial charge in [0.25, 0.3) is 5.91 Å². The van der Waals surface area contributed by atoms with Crippen LogP contribution >= 0.6 is 11.6 Å². The minimum Gasteiger partial charge on any atom is -0.352 e. The molecule has 0 N–H and O–H groups in total. The molecule has 3 aromatic rings. The summed E-state index contributed by atoms with van der Waals surface area (Å²) in [4.78, 5) is 31.7. The molecule has 0 saturated carbocycles. The van der Waals surface area contributed by atoms with Gasteiger partial charge in [0.05, 0.1) is 10.7 Å². The van der Waals surface area contributed by atoms with Crippen molar-refractivity contribution >= 4 is 29.2 Å². The summed E-state index contributed by atoms with van der Waals surface area (Å²) in [5.41, 5.74) is 3.26. The molecule has 8 heteroatoms. The first kappa shape index (κ1) is 24.7. The lowest BCUT2D eigenvalue weighted by molar-refractivity contribution is -0.132. The molecular weight excluding hydrogens is 462 g/mol. The molecule has 1 aliphatic rings. The predicted molar refractivity (Wildman–Crippen MR) is 139 cm³/mol. The van der Waals surface area contributed by atoms with Crippen molar-refractivity contribution in [2.75, 3.05) is 37.6 Å². The second-order valence-electron chi connectivity index (χ2n) is 9.02. The monoisotopic (exact) mass is 491 g/mol. The quantitative estimate of drug-likeness (QED) is 0.514. The largest absolute Gasteiger partial charge is 0.352 e. The number of carbonyl (C=O) groups excluding carboxylic acids is 2. The maximum Gasteiger partial charge on any atom is 0.254 e. The van der Waals surface area contributed by atoms with Gasteiger partial charge in [0.1, 0.15) is 6.54 Å². The molecule has 182 valence electrons. The zero-order valence-electron chi connectivity index (χ0n) is 20.3. The lowest BCUT2D eigenvalue weighted by Gasteiger charge is -2.36. The third kappa shape index (κ3) is 5.80. The van der Waals surface area contributed by atoms with Crippen molar-refractivity contribution in [3.63, 3.8) is 0 Å². The fraction of sp³-hybridized carbons (Fsp3) is 0.333. The van der Waals surface area contributed by atoms with E-state index in [1.807, 2.05) is 86.3 Å². The van der Waals surface area contributed by atoms with Gasteiger partial charge in [-0.1, -0.05) is 47.5 Å². The lowest BCUT2D eigenvalue weighted by Crippen LogP contribution is -2.53. The van der Waals surface area contributed by atoms with Crippen LogP contribution in [0.5, 0.6) is 0 Å². The van der Waals surface area contributed by atoms with Gasteiger partial charge in [0.2, 0.25) is 5.91 Å². The average Bonchev–Trinajstić information content (AvgIpc) is 2.87. The summed E-state index contributed by atoms with van der Waals surface area (Å²) >= 11 is 6.27. The summed E-state index contributed by atoms with van der Waals surface area (Å²) in [5.74, 6) is 0.603. The number of nitrogens with zero attached hydrogens (tertiary/aromatic N) is 5. The fourth-order valence-corrected chi connectivity index (χ4v) is 4.32. The zero-order valence-corrected chi connectivity index (χ0v) is 21.1. The Bertz CT molecular complexity index is 1170. The molecule has 0 unspecified atom stereocenters. The number of amides is 2. The van der Waals surface area contributed by atoms with Crippen LogP contribution in [0.3, 0.4) is 0 Å². The number of anilines is 1. The van der Waals surface area contributed by atoms with Gasteiger partial charge >= 0.3 is 0 Å². The van der Waals surface area contributed by atoms with E-state index in [0.717, 1.165) is 22.6 Å². The van der Waals surface area contributed by atoms with Crippen LogP contribution in [0.25, 0.3) is 11.3 Å². The molecule has 0 aliphatic carbocycles. The summed E-state index contributed by atoms with van der Waals surface area (Å²) in [6, 6.07) is 18.8. The average molecular weight is 492 g/mol. The second-order valence-corrected chi connectivity index (χ2v) is 9.42. The number of carbonyl (C=O) groups is 2. The van der Waals surface area contributed by atoms with Crippen LogP contribution in [-0.2, 0) is 4.79 Å². The van der Waals surface area contributed by atoms with Gasteiger partial charge in [-0.15, -0.1) is 10.2 Å².